The van der Waals surface area contributed by atoms with Crippen LogP contribution in [0.4, 0.5) is 4.39 Å². The molecule has 0 fully saturated rings. The summed E-state index contributed by atoms with van der Waals surface area (Å²) in [5, 5.41) is 0. The Labute approximate surface area is 123 Å². The molecule has 0 saturated heterocycles. The SMILES string of the molecule is FCCOCCOc1ncc(/C=C/c2cc[c]cc2)cn1. The lowest BCUT2D eigenvalue weighted by Crippen LogP contribution is -2.09. The molecule has 0 bridgehead atoms. The molecule has 2 aromatic rings. The Morgan fingerprint density at radius 2 is 1.71 bits per heavy atom. The van der Waals surface area contributed by atoms with Crippen molar-refractivity contribution in [2.75, 3.05) is 26.5 Å². The van der Waals surface area contributed by atoms with Gasteiger partial charge in [-0.3, -0.25) is 0 Å². The molecule has 1 aromatic carbocycles. The molecule has 0 spiro atoms. The Morgan fingerprint density at radius 1 is 1.00 bits per heavy atom. The van der Waals surface area contributed by atoms with Crippen LogP contribution in [0.25, 0.3) is 12.2 Å². The third-order valence-corrected chi connectivity index (χ3v) is 2.54. The van der Waals surface area contributed by atoms with Crippen LogP contribution < -0.4 is 4.74 Å². The lowest BCUT2D eigenvalue weighted by atomic mass is 10.2. The van der Waals surface area contributed by atoms with Gasteiger partial charge in [-0.2, -0.15) is 0 Å². The van der Waals surface area contributed by atoms with Crippen molar-refractivity contribution in [2.24, 2.45) is 0 Å². The lowest BCUT2D eigenvalue weighted by Gasteiger charge is -2.04. The second kappa shape index (κ2) is 8.81. The molecule has 21 heavy (non-hydrogen) atoms. The minimum Gasteiger partial charge on any atom is -0.461 e. The van der Waals surface area contributed by atoms with Crippen molar-refractivity contribution >= 4 is 12.2 Å². The minimum atomic E-state index is -0.489. The number of nitrogens with zero attached hydrogens (tertiary/aromatic N) is 2. The van der Waals surface area contributed by atoms with E-state index in [1.54, 1.807) is 12.4 Å². The molecular weight excluding hydrogens is 271 g/mol. The van der Waals surface area contributed by atoms with Gasteiger partial charge in [-0.25, -0.2) is 14.4 Å². The number of benzene rings is 1. The van der Waals surface area contributed by atoms with E-state index in [4.69, 9.17) is 9.47 Å². The van der Waals surface area contributed by atoms with E-state index in [-0.39, 0.29) is 12.6 Å². The third-order valence-electron chi connectivity index (χ3n) is 2.54. The summed E-state index contributed by atoms with van der Waals surface area (Å²) in [5.74, 6) is 0. The second-order valence-corrected chi connectivity index (χ2v) is 4.12. The number of halogens is 1. The Hall–Kier alpha value is -2.27. The van der Waals surface area contributed by atoms with E-state index >= 15 is 0 Å². The number of rotatable bonds is 8. The second-order valence-electron chi connectivity index (χ2n) is 4.12. The van der Waals surface area contributed by atoms with Crippen molar-refractivity contribution < 1.29 is 13.9 Å². The molecule has 1 heterocycles. The monoisotopic (exact) mass is 287 g/mol. The van der Waals surface area contributed by atoms with Gasteiger partial charge in [-0.15, -0.1) is 0 Å². The van der Waals surface area contributed by atoms with Gasteiger partial charge >= 0.3 is 6.01 Å². The van der Waals surface area contributed by atoms with Crippen molar-refractivity contribution in [3.05, 3.63) is 53.9 Å². The van der Waals surface area contributed by atoms with Crippen LogP contribution in [0.3, 0.4) is 0 Å². The summed E-state index contributed by atoms with van der Waals surface area (Å²) in [6.07, 6.45) is 7.24. The molecule has 0 amide bonds. The lowest BCUT2D eigenvalue weighted by molar-refractivity contribution is 0.0868. The maximum Gasteiger partial charge on any atom is 0.316 e. The first-order chi connectivity index (χ1) is 10.4. The molecule has 4 nitrogen and oxygen atoms in total. The summed E-state index contributed by atoms with van der Waals surface area (Å²) in [4.78, 5) is 8.18. The Morgan fingerprint density at radius 3 is 2.43 bits per heavy atom. The molecular formula is C16H16FN2O2. The molecule has 1 radical (unpaired) electrons. The average molecular weight is 287 g/mol. The first kappa shape index (κ1) is 15.1. The van der Waals surface area contributed by atoms with Crippen molar-refractivity contribution in [2.45, 2.75) is 0 Å². The fourth-order valence-electron chi connectivity index (χ4n) is 1.54. The maximum absolute atomic E-state index is 11.8. The van der Waals surface area contributed by atoms with Crippen LogP contribution in [0.1, 0.15) is 11.1 Å². The van der Waals surface area contributed by atoms with E-state index in [0.717, 1.165) is 11.1 Å². The van der Waals surface area contributed by atoms with Gasteiger partial charge in [0, 0.05) is 18.0 Å². The predicted molar refractivity (Wildman–Crippen MR) is 78.5 cm³/mol. The van der Waals surface area contributed by atoms with Crippen LogP contribution in [0.15, 0.2) is 36.7 Å². The van der Waals surface area contributed by atoms with Gasteiger partial charge in [-0.05, 0) is 11.6 Å². The van der Waals surface area contributed by atoms with Crippen LogP contribution in [0, 0.1) is 6.07 Å². The van der Waals surface area contributed by atoms with E-state index in [0.29, 0.717) is 13.2 Å². The van der Waals surface area contributed by atoms with Crippen molar-refractivity contribution in [1.29, 1.82) is 0 Å². The molecule has 0 aliphatic rings. The molecule has 0 aliphatic carbocycles. The molecule has 0 unspecified atom stereocenters. The van der Waals surface area contributed by atoms with Crippen LogP contribution in [0.2, 0.25) is 0 Å². The molecule has 5 heteroatoms. The highest BCUT2D eigenvalue weighted by atomic mass is 19.1. The van der Waals surface area contributed by atoms with Crippen LogP contribution in [0.5, 0.6) is 6.01 Å². The highest BCUT2D eigenvalue weighted by Gasteiger charge is 1.97. The zero-order valence-electron chi connectivity index (χ0n) is 11.5. The number of aromatic nitrogens is 2. The molecule has 0 atom stereocenters. The van der Waals surface area contributed by atoms with Crippen LogP contribution in [-0.4, -0.2) is 36.5 Å². The third kappa shape index (κ3) is 5.71. The maximum atomic E-state index is 11.8. The van der Waals surface area contributed by atoms with Gasteiger partial charge in [0.1, 0.15) is 13.3 Å². The fraction of sp³-hybridized carbons (Fsp3) is 0.250. The zero-order chi connectivity index (χ0) is 14.8. The highest BCUT2D eigenvalue weighted by molar-refractivity contribution is 5.68. The summed E-state index contributed by atoms with van der Waals surface area (Å²) in [6.45, 7) is 0.220. The molecule has 109 valence electrons. The first-order valence-electron chi connectivity index (χ1n) is 6.61. The zero-order valence-corrected chi connectivity index (χ0v) is 11.5. The normalized spacial score (nSPS) is 10.9. The number of alkyl halides is 1. The van der Waals surface area contributed by atoms with E-state index < -0.39 is 6.67 Å². The van der Waals surface area contributed by atoms with Gasteiger partial charge < -0.3 is 9.47 Å². The van der Waals surface area contributed by atoms with Gasteiger partial charge in [0.15, 0.2) is 0 Å². The molecule has 2 rings (SSSR count). The van der Waals surface area contributed by atoms with Crippen LogP contribution >= 0.6 is 0 Å². The summed E-state index contributed by atoms with van der Waals surface area (Å²) in [6, 6.07) is 10.9. The number of hydrogen-bond acceptors (Lipinski definition) is 4. The molecule has 0 saturated carbocycles. The quantitative estimate of drug-likeness (QED) is 0.700. The van der Waals surface area contributed by atoms with Gasteiger partial charge in [0.2, 0.25) is 0 Å². The van der Waals surface area contributed by atoms with Crippen LogP contribution in [-0.2, 0) is 4.74 Å². The number of hydrogen-bond donors (Lipinski definition) is 0. The molecule has 1 aromatic heterocycles. The topological polar surface area (TPSA) is 44.2 Å². The smallest absolute Gasteiger partial charge is 0.316 e. The summed E-state index contributed by atoms with van der Waals surface area (Å²) in [5.41, 5.74) is 1.96. The van der Waals surface area contributed by atoms with Gasteiger partial charge in [-0.1, -0.05) is 36.4 Å². The molecule has 0 N–H and O–H groups in total. The Kier molecular flexibility index (Phi) is 6.35. The van der Waals surface area contributed by atoms with Gasteiger partial charge in [0.05, 0.1) is 13.2 Å². The summed E-state index contributed by atoms with van der Waals surface area (Å²) in [7, 11) is 0. The first-order valence-corrected chi connectivity index (χ1v) is 6.61. The Balaban J connectivity index is 1.80. The summed E-state index contributed by atoms with van der Waals surface area (Å²) >= 11 is 0. The van der Waals surface area contributed by atoms with Crippen molar-refractivity contribution in [1.82, 2.24) is 9.97 Å². The van der Waals surface area contributed by atoms with E-state index in [1.165, 1.54) is 0 Å². The highest BCUT2D eigenvalue weighted by Crippen LogP contribution is 2.08. The standard InChI is InChI=1S/C16H16FN2O2/c17-8-9-20-10-11-21-16-18-12-15(13-19-16)7-6-14-4-2-1-3-5-14/h2-7,12-13H,8-11H2/b7-6+. The van der Waals surface area contributed by atoms with E-state index in [1.807, 2.05) is 36.4 Å². The summed E-state index contributed by atoms with van der Waals surface area (Å²) < 4.78 is 22.0. The Bertz CT molecular complexity index is 544. The van der Waals surface area contributed by atoms with Crippen molar-refractivity contribution in [3.63, 3.8) is 0 Å². The number of ether oxygens (including phenoxy) is 2. The predicted octanol–water partition coefficient (Wildman–Crippen LogP) is 2.81. The van der Waals surface area contributed by atoms with Crippen molar-refractivity contribution in [3.8, 4) is 6.01 Å². The van der Waals surface area contributed by atoms with E-state index in [2.05, 4.69) is 16.0 Å². The molecule has 0 aliphatic heterocycles. The van der Waals surface area contributed by atoms with E-state index in [9.17, 15) is 4.39 Å². The minimum absolute atomic E-state index is 0.0885. The fourth-order valence-corrected chi connectivity index (χ4v) is 1.54. The average Bonchev–Trinajstić information content (AvgIpc) is 2.55. The van der Waals surface area contributed by atoms with Gasteiger partial charge in [0.25, 0.3) is 0 Å². The largest absolute Gasteiger partial charge is 0.461 e.